The molecule has 1 N–H and O–H groups in total. The molecule has 0 amide bonds. The number of para-hydroxylation sites is 1. The molecule has 0 aliphatic carbocycles. The van der Waals surface area contributed by atoms with Crippen LogP contribution in [0.5, 0.6) is 0 Å². The Morgan fingerprint density at radius 1 is 1.26 bits per heavy atom. The molecule has 2 aromatic rings. The van der Waals surface area contributed by atoms with Gasteiger partial charge in [0.25, 0.3) is 6.43 Å². The summed E-state index contributed by atoms with van der Waals surface area (Å²) >= 11 is 0. The Kier molecular flexibility index (Phi) is 4.47. The van der Waals surface area contributed by atoms with Crippen LogP contribution in [0.4, 0.5) is 8.78 Å². The zero-order valence-electron chi connectivity index (χ0n) is 11.2. The Balaban J connectivity index is 2.34. The van der Waals surface area contributed by atoms with Gasteiger partial charge in [-0.05, 0) is 19.5 Å². The van der Waals surface area contributed by atoms with Gasteiger partial charge in [-0.25, -0.2) is 8.78 Å². The first-order chi connectivity index (χ1) is 9.17. The number of likely N-dealkylation sites (N-methyl/N-ethyl adjacent to an activating group) is 1. The second-order valence-corrected chi connectivity index (χ2v) is 4.48. The summed E-state index contributed by atoms with van der Waals surface area (Å²) in [6.45, 7) is 5.10. The lowest BCUT2D eigenvalue weighted by Crippen LogP contribution is -2.37. The lowest BCUT2D eigenvalue weighted by atomic mass is 10.1. The summed E-state index contributed by atoms with van der Waals surface area (Å²) in [7, 11) is 0. The van der Waals surface area contributed by atoms with Gasteiger partial charge in [0.05, 0.1) is 17.3 Å². The van der Waals surface area contributed by atoms with Gasteiger partial charge in [-0.3, -0.25) is 4.68 Å². The number of nitrogens with zero attached hydrogens (tertiary/aromatic N) is 2. The van der Waals surface area contributed by atoms with E-state index in [0.717, 1.165) is 23.1 Å². The van der Waals surface area contributed by atoms with Gasteiger partial charge in [0.15, 0.2) is 0 Å². The van der Waals surface area contributed by atoms with Gasteiger partial charge in [-0.15, -0.1) is 0 Å². The molecule has 1 unspecified atom stereocenters. The third-order valence-electron chi connectivity index (χ3n) is 3.22. The monoisotopic (exact) mass is 267 g/mol. The molecule has 104 valence electrons. The highest BCUT2D eigenvalue weighted by atomic mass is 19.3. The Hall–Kier alpha value is -1.49. The Morgan fingerprint density at radius 3 is 2.63 bits per heavy atom. The maximum atomic E-state index is 13.0. The first-order valence-corrected chi connectivity index (χ1v) is 6.63. The molecule has 19 heavy (non-hydrogen) atoms. The summed E-state index contributed by atoms with van der Waals surface area (Å²) in [5.74, 6) is 0. The number of aromatic nitrogens is 2. The first-order valence-electron chi connectivity index (χ1n) is 6.63. The number of halogens is 2. The van der Waals surface area contributed by atoms with Crippen molar-refractivity contribution in [1.82, 2.24) is 15.1 Å². The number of fused-ring (bicyclic) bond motifs is 1. The zero-order valence-corrected chi connectivity index (χ0v) is 11.2. The van der Waals surface area contributed by atoms with Crippen LogP contribution in [0.3, 0.4) is 0 Å². The third kappa shape index (κ3) is 2.92. The second-order valence-electron chi connectivity index (χ2n) is 4.48. The highest BCUT2D eigenvalue weighted by Gasteiger charge is 2.22. The van der Waals surface area contributed by atoms with Crippen molar-refractivity contribution < 1.29 is 8.78 Å². The normalized spacial score (nSPS) is 13.3. The van der Waals surface area contributed by atoms with E-state index >= 15 is 0 Å². The van der Waals surface area contributed by atoms with Crippen molar-refractivity contribution in [3.05, 3.63) is 30.0 Å². The standard InChI is InChI=1S/C14H19F2N3/c1-3-17-12(14(15)16)9-11-10-7-5-6-8-13(10)19(4-2)18-11/h5-8,12,14,17H,3-4,9H2,1-2H3. The number of nitrogens with one attached hydrogen (secondary N) is 1. The van der Waals surface area contributed by atoms with Crippen molar-refractivity contribution in [2.45, 2.75) is 39.3 Å². The van der Waals surface area contributed by atoms with E-state index in [1.54, 1.807) is 0 Å². The van der Waals surface area contributed by atoms with Crippen LogP contribution in [-0.2, 0) is 13.0 Å². The molecule has 0 fully saturated rings. The fourth-order valence-corrected chi connectivity index (χ4v) is 2.31. The molecular weight excluding hydrogens is 248 g/mol. The van der Waals surface area contributed by atoms with E-state index in [1.807, 2.05) is 42.8 Å². The Morgan fingerprint density at radius 2 is 2.00 bits per heavy atom. The summed E-state index contributed by atoms with van der Waals surface area (Å²) < 4.78 is 27.8. The van der Waals surface area contributed by atoms with Crippen LogP contribution in [0.2, 0.25) is 0 Å². The molecule has 0 bridgehead atoms. The van der Waals surface area contributed by atoms with Gasteiger partial charge in [-0.2, -0.15) is 5.10 Å². The van der Waals surface area contributed by atoms with E-state index in [2.05, 4.69) is 10.4 Å². The summed E-state index contributed by atoms with van der Waals surface area (Å²) in [5, 5.41) is 8.24. The molecule has 3 nitrogen and oxygen atoms in total. The summed E-state index contributed by atoms with van der Waals surface area (Å²) in [5.41, 5.74) is 1.74. The summed E-state index contributed by atoms with van der Waals surface area (Å²) in [6.07, 6.45) is -2.13. The van der Waals surface area contributed by atoms with Crippen LogP contribution in [-0.4, -0.2) is 28.8 Å². The van der Waals surface area contributed by atoms with Crippen LogP contribution in [0.15, 0.2) is 24.3 Å². The number of alkyl halides is 2. The van der Waals surface area contributed by atoms with E-state index < -0.39 is 12.5 Å². The van der Waals surface area contributed by atoms with Crippen LogP contribution in [0.1, 0.15) is 19.5 Å². The fourth-order valence-electron chi connectivity index (χ4n) is 2.31. The van der Waals surface area contributed by atoms with Gasteiger partial charge in [-0.1, -0.05) is 25.1 Å². The number of benzene rings is 1. The SMILES string of the molecule is CCNC(Cc1nn(CC)c2ccccc12)C(F)F. The van der Waals surface area contributed by atoms with E-state index in [0.29, 0.717) is 6.54 Å². The molecule has 1 aromatic carbocycles. The maximum Gasteiger partial charge on any atom is 0.254 e. The summed E-state index contributed by atoms with van der Waals surface area (Å²) in [6, 6.07) is 6.93. The average molecular weight is 267 g/mol. The van der Waals surface area contributed by atoms with Crippen LogP contribution in [0, 0.1) is 0 Å². The van der Waals surface area contributed by atoms with E-state index in [-0.39, 0.29) is 6.42 Å². The molecule has 0 radical (unpaired) electrons. The highest BCUT2D eigenvalue weighted by molar-refractivity contribution is 5.82. The number of hydrogen-bond donors (Lipinski definition) is 1. The minimum Gasteiger partial charge on any atom is -0.309 e. The predicted octanol–water partition coefficient (Wildman–Crippen LogP) is 2.84. The Labute approximate surface area is 111 Å². The summed E-state index contributed by atoms with van der Waals surface area (Å²) in [4.78, 5) is 0. The minimum absolute atomic E-state index is 0.249. The minimum atomic E-state index is -2.38. The number of aryl methyl sites for hydroxylation is 1. The van der Waals surface area contributed by atoms with E-state index in [4.69, 9.17) is 0 Å². The molecule has 1 aromatic heterocycles. The fraction of sp³-hybridized carbons (Fsp3) is 0.500. The predicted molar refractivity (Wildman–Crippen MR) is 72.6 cm³/mol. The zero-order chi connectivity index (χ0) is 13.8. The lowest BCUT2D eigenvalue weighted by Gasteiger charge is -2.15. The van der Waals surface area contributed by atoms with Gasteiger partial charge >= 0.3 is 0 Å². The van der Waals surface area contributed by atoms with E-state index in [9.17, 15) is 8.78 Å². The molecule has 0 aliphatic rings. The quantitative estimate of drug-likeness (QED) is 0.872. The second kappa shape index (κ2) is 6.10. The average Bonchev–Trinajstić information content (AvgIpc) is 2.76. The Bertz CT molecular complexity index is 536. The molecule has 0 aliphatic heterocycles. The maximum absolute atomic E-state index is 13.0. The molecule has 0 spiro atoms. The van der Waals surface area contributed by atoms with Crippen molar-refractivity contribution in [2.24, 2.45) is 0 Å². The molecular formula is C14H19F2N3. The van der Waals surface area contributed by atoms with Crippen LogP contribution in [0.25, 0.3) is 10.9 Å². The number of rotatable bonds is 6. The van der Waals surface area contributed by atoms with Crippen molar-refractivity contribution in [3.8, 4) is 0 Å². The molecule has 5 heteroatoms. The van der Waals surface area contributed by atoms with Crippen LogP contribution < -0.4 is 5.32 Å². The molecule has 1 atom stereocenters. The van der Waals surface area contributed by atoms with Crippen molar-refractivity contribution in [1.29, 1.82) is 0 Å². The van der Waals surface area contributed by atoms with Gasteiger partial charge in [0, 0.05) is 18.4 Å². The van der Waals surface area contributed by atoms with Crippen molar-refractivity contribution in [3.63, 3.8) is 0 Å². The van der Waals surface area contributed by atoms with Crippen molar-refractivity contribution >= 4 is 10.9 Å². The van der Waals surface area contributed by atoms with Crippen LogP contribution >= 0.6 is 0 Å². The first kappa shape index (κ1) is 13.9. The molecule has 2 rings (SSSR count). The van der Waals surface area contributed by atoms with Gasteiger partial charge in [0.2, 0.25) is 0 Å². The number of hydrogen-bond acceptors (Lipinski definition) is 2. The topological polar surface area (TPSA) is 29.9 Å². The highest BCUT2D eigenvalue weighted by Crippen LogP contribution is 2.20. The van der Waals surface area contributed by atoms with Crippen molar-refractivity contribution in [2.75, 3.05) is 6.54 Å². The molecule has 0 saturated heterocycles. The van der Waals surface area contributed by atoms with Gasteiger partial charge < -0.3 is 5.32 Å². The smallest absolute Gasteiger partial charge is 0.254 e. The molecule has 1 heterocycles. The third-order valence-corrected chi connectivity index (χ3v) is 3.22. The van der Waals surface area contributed by atoms with Gasteiger partial charge in [0.1, 0.15) is 0 Å². The lowest BCUT2D eigenvalue weighted by molar-refractivity contribution is 0.0987. The molecule has 0 saturated carbocycles. The van der Waals surface area contributed by atoms with E-state index in [1.165, 1.54) is 0 Å². The largest absolute Gasteiger partial charge is 0.309 e.